The van der Waals surface area contributed by atoms with Gasteiger partial charge in [-0.25, -0.2) is 5.43 Å². The molecule has 0 aliphatic heterocycles. The maximum atomic E-state index is 13.0. The summed E-state index contributed by atoms with van der Waals surface area (Å²) in [6.45, 7) is 2.55. The van der Waals surface area contributed by atoms with Crippen LogP contribution in [0.15, 0.2) is 88.8 Å². The van der Waals surface area contributed by atoms with Crippen LogP contribution in [0.2, 0.25) is 10.0 Å². The van der Waals surface area contributed by atoms with Crippen LogP contribution in [0.3, 0.4) is 0 Å². The third-order valence-corrected chi connectivity index (χ3v) is 7.69. The van der Waals surface area contributed by atoms with E-state index in [4.69, 9.17) is 32.7 Å². The van der Waals surface area contributed by atoms with Crippen LogP contribution in [-0.4, -0.2) is 23.3 Å². The monoisotopic (exact) mass is 699 g/mol. The largest absolute Gasteiger partial charge is 0.490 e. The van der Waals surface area contributed by atoms with E-state index in [1.54, 1.807) is 36.5 Å². The van der Waals surface area contributed by atoms with Crippen molar-refractivity contribution >= 4 is 79.7 Å². The molecule has 0 unspecified atom stereocenters. The summed E-state index contributed by atoms with van der Waals surface area (Å²) in [5.74, 6) is 0.791. The number of hydrogen-bond donors (Lipinski definition) is 1. The van der Waals surface area contributed by atoms with Crippen molar-refractivity contribution in [2.24, 2.45) is 5.10 Å². The highest BCUT2D eigenvalue weighted by atomic mass is 127. The van der Waals surface area contributed by atoms with Crippen molar-refractivity contribution in [2.45, 2.75) is 20.1 Å². The number of pyridine rings is 1. The van der Waals surface area contributed by atoms with Gasteiger partial charge >= 0.3 is 0 Å². The quantitative estimate of drug-likeness (QED) is 0.0764. The number of benzene rings is 4. The molecule has 0 fully saturated rings. The number of para-hydroxylation sites is 2. The number of carbonyl (C=O) groups excluding carboxylic acids is 1. The van der Waals surface area contributed by atoms with Gasteiger partial charge in [-0.15, -0.1) is 0 Å². The number of amides is 1. The van der Waals surface area contributed by atoms with Crippen molar-refractivity contribution in [1.82, 2.24) is 9.99 Å². The molecule has 0 aliphatic rings. The molecule has 5 rings (SSSR count). The van der Waals surface area contributed by atoms with Crippen LogP contribution >= 0.6 is 45.8 Å². The van der Waals surface area contributed by atoms with Crippen molar-refractivity contribution in [3.63, 3.8) is 0 Å². The molecule has 208 valence electrons. The molecule has 0 saturated heterocycles. The molecule has 0 spiro atoms. The van der Waals surface area contributed by atoms with Crippen molar-refractivity contribution in [3.05, 3.63) is 114 Å². The Morgan fingerprint density at radius 1 is 0.976 bits per heavy atom. The van der Waals surface area contributed by atoms with Crippen LogP contribution < -0.4 is 20.3 Å². The number of nitrogens with one attached hydrogen (secondary N) is 1. The molecular formula is C31H24Cl2IN3O4. The van der Waals surface area contributed by atoms with E-state index in [1.165, 1.54) is 0 Å². The average Bonchev–Trinajstić information content (AvgIpc) is 2.96. The number of aromatic nitrogens is 1. The number of rotatable bonds is 9. The molecule has 0 bridgehead atoms. The van der Waals surface area contributed by atoms with Gasteiger partial charge in [0.1, 0.15) is 13.2 Å². The van der Waals surface area contributed by atoms with Gasteiger partial charge in [0.2, 0.25) is 0 Å². The molecule has 1 amide bonds. The summed E-state index contributed by atoms with van der Waals surface area (Å²) in [7, 11) is 0. The first-order valence-corrected chi connectivity index (χ1v) is 14.5. The molecule has 0 saturated carbocycles. The summed E-state index contributed by atoms with van der Waals surface area (Å²) in [4.78, 5) is 25.9. The zero-order valence-corrected chi connectivity index (χ0v) is 25.5. The predicted octanol–water partition coefficient (Wildman–Crippen LogP) is 7.19. The van der Waals surface area contributed by atoms with Gasteiger partial charge in [0.05, 0.1) is 27.4 Å². The maximum absolute atomic E-state index is 13.0. The molecule has 4 aromatic carbocycles. The van der Waals surface area contributed by atoms with Crippen molar-refractivity contribution in [1.29, 1.82) is 0 Å². The van der Waals surface area contributed by atoms with E-state index in [0.29, 0.717) is 55.5 Å². The molecule has 1 heterocycles. The summed E-state index contributed by atoms with van der Waals surface area (Å²) < 4.78 is 14.5. The van der Waals surface area contributed by atoms with Gasteiger partial charge in [0, 0.05) is 26.4 Å². The zero-order valence-electron chi connectivity index (χ0n) is 21.9. The standard InChI is InChI=1S/C31H24Cl2IN3O4/c1-2-40-28-14-19(13-25(34)31(28)41-18-20-11-12-21(32)15-24(20)33)16-35-36-29(38)17-37-26-9-5-3-7-22(26)30(39)23-8-4-6-10-27(23)37/h3-16H,2,17-18H2,1H3,(H,36,38)/b35-16-. The highest BCUT2D eigenvalue weighted by molar-refractivity contribution is 14.1. The molecule has 7 nitrogen and oxygen atoms in total. The van der Waals surface area contributed by atoms with Crippen LogP contribution in [0.5, 0.6) is 11.5 Å². The van der Waals surface area contributed by atoms with Crippen LogP contribution in [0.1, 0.15) is 18.1 Å². The Morgan fingerprint density at radius 2 is 1.66 bits per heavy atom. The lowest BCUT2D eigenvalue weighted by Gasteiger charge is -2.15. The number of hydrogen-bond acceptors (Lipinski definition) is 5. The number of fused-ring (bicyclic) bond motifs is 2. The van der Waals surface area contributed by atoms with E-state index < -0.39 is 0 Å². The predicted molar refractivity (Wildman–Crippen MR) is 173 cm³/mol. The Kier molecular flexibility index (Phi) is 9.12. The Hall–Kier alpha value is -3.60. The summed E-state index contributed by atoms with van der Waals surface area (Å²) in [5, 5.41) is 6.36. The number of nitrogens with zero attached hydrogens (tertiary/aromatic N) is 2. The fourth-order valence-corrected chi connectivity index (χ4v) is 5.70. The van der Waals surface area contributed by atoms with Crippen LogP contribution in [0, 0.1) is 3.57 Å². The van der Waals surface area contributed by atoms with Crippen molar-refractivity contribution in [2.75, 3.05) is 6.61 Å². The van der Waals surface area contributed by atoms with Gasteiger partial charge < -0.3 is 14.0 Å². The average molecular weight is 700 g/mol. The lowest BCUT2D eigenvalue weighted by molar-refractivity contribution is -0.121. The zero-order chi connectivity index (χ0) is 28.9. The van der Waals surface area contributed by atoms with E-state index in [-0.39, 0.29) is 24.5 Å². The van der Waals surface area contributed by atoms with Gasteiger partial charge in [-0.1, -0.05) is 53.5 Å². The second kappa shape index (κ2) is 12.9. The summed E-state index contributed by atoms with van der Waals surface area (Å²) in [5.41, 5.74) is 5.42. The smallest absolute Gasteiger partial charge is 0.260 e. The first-order chi connectivity index (χ1) is 19.9. The molecular weight excluding hydrogens is 676 g/mol. The summed E-state index contributed by atoms with van der Waals surface area (Å²) >= 11 is 14.5. The van der Waals surface area contributed by atoms with Crippen LogP contribution in [0.25, 0.3) is 21.8 Å². The van der Waals surface area contributed by atoms with Gasteiger partial charge in [-0.2, -0.15) is 5.10 Å². The van der Waals surface area contributed by atoms with E-state index >= 15 is 0 Å². The third-order valence-electron chi connectivity index (χ3n) is 6.30. The maximum Gasteiger partial charge on any atom is 0.260 e. The number of ether oxygens (including phenoxy) is 2. The molecule has 10 heteroatoms. The Morgan fingerprint density at radius 3 is 2.32 bits per heavy atom. The second-order valence-electron chi connectivity index (χ2n) is 9.03. The molecule has 41 heavy (non-hydrogen) atoms. The van der Waals surface area contributed by atoms with Gasteiger partial charge in [-0.3, -0.25) is 9.59 Å². The summed E-state index contributed by atoms with van der Waals surface area (Å²) in [6.07, 6.45) is 1.55. The van der Waals surface area contributed by atoms with E-state index in [1.807, 2.05) is 60.0 Å². The van der Waals surface area contributed by atoms with Crippen molar-refractivity contribution in [3.8, 4) is 11.5 Å². The normalized spacial score (nSPS) is 11.3. The van der Waals surface area contributed by atoms with Crippen LogP contribution in [-0.2, 0) is 17.9 Å². The topological polar surface area (TPSA) is 81.9 Å². The van der Waals surface area contributed by atoms with E-state index in [9.17, 15) is 9.59 Å². The Bertz CT molecular complexity index is 1800. The minimum Gasteiger partial charge on any atom is -0.490 e. The van der Waals surface area contributed by atoms with Gasteiger partial charge in [0.15, 0.2) is 16.9 Å². The SMILES string of the molecule is CCOc1cc(/C=N\NC(=O)Cn2c3ccccc3c(=O)c3ccccc32)cc(I)c1OCc1ccc(Cl)cc1Cl. The van der Waals surface area contributed by atoms with Crippen LogP contribution in [0.4, 0.5) is 0 Å². The number of hydrazone groups is 1. The minimum atomic E-state index is -0.334. The fourth-order valence-electron chi connectivity index (χ4n) is 4.46. The van der Waals surface area contributed by atoms with Gasteiger partial charge in [-0.05, 0) is 83.6 Å². The molecule has 0 aliphatic carbocycles. The molecule has 1 N–H and O–H groups in total. The van der Waals surface area contributed by atoms with Crippen molar-refractivity contribution < 1.29 is 14.3 Å². The number of carbonyl (C=O) groups is 1. The van der Waals surface area contributed by atoms with Gasteiger partial charge in [0.25, 0.3) is 5.91 Å². The lowest BCUT2D eigenvalue weighted by Crippen LogP contribution is -2.25. The highest BCUT2D eigenvalue weighted by Crippen LogP contribution is 2.35. The van der Waals surface area contributed by atoms with E-state index in [2.05, 4.69) is 33.1 Å². The Balaban J connectivity index is 1.33. The summed E-state index contributed by atoms with van der Waals surface area (Å²) in [6, 6.07) is 23.5. The molecule has 0 atom stereocenters. The first-order valence-electron chi connectivity index (χ1n) is 12.7. The third kappa shape index (κ3) is 6.50. The molecule has 1 aromatic heterocycles. The second-order valence-corrected chi connectivity index (χ2v) is 11.0. The Labute approximate surface area is 259 Å². The lowest BCUT2D eigenvalue weighted by atomic mass is 10.1. The fraction of sp³-hybridized carbons (Fsp3) is 0.129. The van der Waals surface area contributed by atoms with E-state index in [0.717, 1.165) is 9.13 Å². The first kappa shape index (κ1) is 28.9. The number of halogens is 3. The highest BCUT2D eigenvalue weighted by Gasteiger charge is 2.15. The molecule has 5 aromatic rings. The minimum absolute atomic E-state index is 0.0135. The molecule has 0 radical (unpaired) electrons.